The van der Waals surface area contributed by atoms with E-state index in [4.69, 9.17) is 15.2 Å². The van der Waals surface area contributed by atoms with Crippen LogP contribution < -0.4 is 11.1 Å². The maximum absolute atomic E-state index is 10.2. The summed E-state index contributed by atoms with van der Waals surface area (Å²) in [4.78, 5) is 12.7. The van der Waals surface area contributed by atoms with Crippen molar-refractivity contribution < 1.29 is 24.8 Å². The van der Waals surface area contributed by atoms with Crippen LogP contribution >= 0.6 is 0 Å². The van der Waals surface area contributed by atoms with Gasteiger partial charge in [-0.25, -0.2) is 15.0 Å². The summed E-state index contributed by atoms with van der Waals surface area (Å²) in [5.74, 6) is 0.459. The SMILES string of the molecule is NC1(CNc2ncnc3c2ncn3[C@@H]2O[C@H](CO)[C@@H](O)[C@@H]2O)CC=CO1. The Balaban J connectivity index is 1.59. The van der Waals surface area contributed by atoms with Crippen LogP contribution in [0, 0.1) is 0 Å². The van der Waals surface area contributed by atoms with E-state index in [9.17, 15) is 15.3 Å². The number of aliphatic hydroxyl groups is 3. The van der Waals surface area contributed by atoms with Crippen LogP contribution in [0.1, 0.15) is 12.6 Å². The third-order valence-corrected chi connectivity index (χ3v) is 4.57. The molecule has 140 valence electrons. The molecule has 2 aliphatic heterocycles. The van der Waals surface area contributed by atoms with Gasteiger partial charge in [0.25, 0.3) is 0 Å². The summed E-state index contributed by atoms with van der Waals surface area (Å²) in [6, 6.07) is 0. The topological polar surface area (TPSA) is 161 Å². The van der Waals surface area contributed by atoms with E-state index in [0.717, 1.165) is 0 Å². The molecular weight excluding hydrogens is 344 g/mol. The molecule has 0 radical (unpaired) electrons. The molecule has 0 saturated carbocycles. The fourth-order valence-electron chi connectivity index (χ4n) is 3.10. The van der Waals surface area contributed by atoms with Crippen LogP contribution in [0.3, 0.4) is 0 Å². The van der Waals surface area contributed by atoms with Crippen molar-refractivity contribution in [2.24, 2.45) is 5.73 Å². The molecule has 6 N–H and O–H groups in total. The van der Waals surface area contributed by atoms with Gasteiger partial charge in [0.1, 0.15) is 24.6 Å². The molecule has 5 atom stereocenters. The number of nitrogens with one attached hydrogen (secondary N) is 1. The number of ether oxygens (including phenoxy) is 2. The maximum atomic E-state index is 10.2. The van der Waals surface area contributed by atoms with E-state index in [-0.39, 0.29) is 0 Å². The standard InChI is InChI=1S/C15H20N6O5/c16-15(2-1-3-25-15)5-17-12-9-13(19-6-18-12)21(7-20-9)14-11(24)10(23)8(4-22)26-14/h1,3,6-8,10-11,14,22-24H,2,4-5,16H2,(H,17,18,19)/t8-,10-,11+,14-,15?/m1/s1. The van der Waals surface area contributed by atoms with Crippen molar-refractivity contribution >= 4 is 17.0 Å². The molecule has 11 nitrogen and oxygen atoms in total. The van der Waals surface area contributed by atoms with Gasteiger partial charge in [-0.1, -0.05) is 0 Å². The molecule has 0 aromatic carbocycles. The lowest BCUT2D eigenvalue weighted by Gasteiger charge is -2.24. The molecule has 4 heterocycles. The van der Waals surface area contributed by atoms with Gasteiger partial charge in [-0.2, -0.15) is 0 Å². The molecule has 4 rings (SSSR count). The third-order valence-electron chi connectivity index (χ3n) is 4.57. The first-order valence-electron chi connectivity index (χ1n) is 8.18. The summed E-state index contributed by atoms with van der Waals surface area (Å²) >= 11 is 0. The zero-order chi connectivity index (χ0) is 18.3. The lowest BCUT2D eigenvalue weighted by molar-refractivity contribution is -0.0511. The van der Waals surface area contributed by atoms with Crippen LogP contribution in [0.25, 0.3) is 11.2 Å². The van der Waals surface area contributed by atoms with Crippen molar-refractivity contribution in [2.75, 3.05) is 18.5 Å². The number of nitrogens with zero attached hydrogens (tertiary/aromatic N) is 4. The molecule has 1 fully saturated rings. The van der Waals surface area contributed by atoms with Crippen molar-refractivity contribution in [1.29, 1.82) is 0 Å². The Morgan fingerprint density at radius 2 is 2.15 bits per heavy atom. The quantitative estimate of drug-likeness (QED) is 0.419. The minimum atomic E-state index is -1.22. The summed E-state index contributed by atoms with van der Waals surface area (Å²) in [5, 5.41) is 32.5. The molecule has 1 saturated heterocycles. The lowest BCUT2D eigenvalue weighted by Crippen LogP contribution is -2.45. The highest BCUT2D eigenvalue weighted by Gasteiger charge is 2.44. The van der Waals surface area contributed by atoms with E-state index in [1.165, 1.54) is 17.2 Å². The summed E-state index contributed by atoms with van der Waals surface area (Å²) in [6.07, 6.45) is 2.55. The number of anilines is 1. The van der Waals surface area contributed by atoms with Crippen LogP contribution in [-0.2, 0) is 9.47 Å². The molecule has 0 bridgehead atoms. The summed E-state index contributed by atoms with van der Waals surface area (Å²) in [5.41, 5.74) is 6.12. The highest BCUT2D eigenvalue weighted by Crippen LogP contribution is 2.32. The fourth-order valence-corrected chi connectivity index (χ4v) is 3.10. The van der Waals surface area contributed by atoms with Gasteiger partial charge in [-0.15, -0.1) is 0 Å². The highest BCUT2D eigenvalue weighted by atomic mass is 16.6. The minimum absolute atomic E-state index is 0.312. The number of aromatic nitrogens is 4. The van der Waals surface area contributed by atoms with Crippen LogP contribution in [0.5, 0.6) is 0 Å². The Morgan fingerprint density at radius 3 is 2.85 bits per heavy atom. The van der Waals surface area contributed by atoms with E-state index in [1.54, 1.807) is 6.26 Å². The van der Waals surface area contributed by atoms with Gasteiger partial charge in [-0.05, 0) is 6.08 Å². The molecule has 0 spiro atoms. The molecule has 0 amide bonds. The number of rotatable bonds is 5. The third kappa shape index (κ3) is 2.79. The first kappa shape index (κ1) is 17.1. The maximum Gasteiger partial charge on any atom is 0.178 e. The zero-order valence-corrected chi connectivity index (χ0v) is 13.8. The Morgan fingerprint density at radius 1 is 1.31 bits per heavy atom. The van der Waals surface area contributed by atoms with E-state index in [2.05, 4.69) is 20.3 Å². The van der Waals surface area contributed by atoms with Crippen molar-refractivity contribution in [3.05, 3.63) is 25.0 Å². The first-order chi connectivity index (χ1) is 12.5. The van der Waals surface area contributed by atoms with Crippen molar-refractivity contribution in [3.63, 3.8) is 0 Å². The summed E-state index contributed by atoms with van der Waals surface area (Å²) in [7, 11) is 0. The predicted octanol–water partition coefficient (Wildman–Crippen LogP) is -1.56. The number of nitrogens with two attached hydrogens (primary N) is 1. The van der Waals surface area contributed by atoms with Crippen LogP contribution in [0.2, 0.25) is 0 Å². The van der Waals surface area contributed by atoms with Gasteiger partial charge < -0.3 is 30.1 Å². The molecular formula is C15H20N6O5. The predicted molar refractivity (Wildman–Crippen MR) is 88.6 cm³/mol. The van der Waals surface area contributed by atoms with Crippen LogP contribution in [-0.4, -0.2) is 72.0 Å². The second kappa shape index (κ2) is 6.45. The second-order valence-corrected chi connectivity index (χ2v) is 6.39. The molecule has 2 aromatic heterocycles. The number of fused-ring (bicyclic) bond motifs is 1. The Bertz CT molecular complexity index is 818. The molecule has 2 aromatic rings. The van der Waals surface area contributed by atoms with Gasteiger partial charge in [0.2, 0.25) is 0 Å². The molecule has 11 heteroatoms. The molecule has 0 aliphatic carbocycles. The fraction of sp³-hybridized carbons (Fsp3) is 0.533. The molecule has 1 unspecified atom stereocenters. The van der Waals surface area contributed by atoms with Crippen molar-refractivity contribution in [2.45, 2.75) is 36.7 Å². The number of hydrogen-bond acceptors (Lipinski definition) is 10. The average Bonchev–Trinajstić information content (AvgIpc) is 3.33. The van der Waals surface area contributed by atoms with Gasteiger partial charge in [-0.3, -0.25) is 10.3 Å². The van der Waals surface area contributed by atoms with E-state index < -0.39 is 36.9 Å². The van der Waals surface area contributed by atoms with Crippen molar-refractivity contribution in [3.8, 4) is 0 Å². The molecule has 2 aliphatic rings. The smallest absolute Gasteiger partial charge is 0.178 e. The Kier molecular flexibility index (Phi) is 4.25. The van der Waals surface area contributed by atoms with Crippen LogP contribution in [0.15, 0.2) is 25.0 Å². The number of aliphatic hydroxyl groups excluding tert-OH is 3. The average molecular weight is 364 g/mol. The van der Waals surface area contributed by atoms with Gasteiger partial charge in [0.15, 0.2) is 28.9 Å². The first-order valence-corrected chi connectivity index (χ1v) is 8.18. The van der Waals surface area contributed by atoms with E-state index >= 15 is 0 Å². The van der Waals surface area contributed by atoms with E-state index in [0.29, 0.717) is 29.9 Å². The van der Waals surface area contributed by atoms with Crippen LogP contribution in [0.4, 0.5) is 5.82 Å². The van der Waals surface area contributed by atoms with Gasteiger partial charge >= 0.3 is 0 Å². The minimum Gasteiger partial charge on any atom is -0.479 e. The van der Waals surface area contributed by atoms with E-state index in [1.807, 2.05) is 6.08 Å². The number of imidazole rings is 1. The molecule has 26 heavy (non-hydrogen) atoms. The number of hydrogen-bond donors (Lipinski definition) is 5. The Labute approximate surface area is 148 Å². The van der Waals surface area contributed by atoms with Gasteiger partial charge in [0, 0.05) is 6.42 Å². The largest absolute Gasteiger partial charge is 0.479 e. The Hall–Kier alpha value is -2.31. The highest BCUT2D eigenvalue weighted by molar-refractivity contribution is 5.82. The lowest BCUT2D eigenvalue weighted by atomic mass is 10.1. The summed E-state index contributed by atoms with van der Waals surface area (Å²) < 4.78 is 12.4. The second-order valence-electron chi connectivity index (χ2n) is 6.39. The summed E-state index contributed by atoms with van der Waals surface area (Å²) in [6.45, 7) is -0.0947. The zero-order valence-electron chi connectivity index (χ0n) is 13.8. The normalized spacial score (nSPS) is 33.7. The van der Waals surface area contributed by atoms with Crippen molar-refractivity contribution in [1.82, 2.24) is 19.5 Å². The monoisotopic (exact) mass is 364 g/mol. The van der Waals surface area contributed by atoms with Gasteiger partial charge in [0.05, 0.1) is 25.7 Å².